The molecule has 0 bridgehead atoms. The molecule has 0 saturated heterocycles. The molecule has 1 aromatic heterocycles. The van der Waals surface area contributed by atoms with Crippen molar-refractivity contribution in [3.8, 4) is 6.07 Å². The number of carbonyl (C=O) groups is 1. The number of nitrogen functional groups attached to an aromatic ring is 1. The van der Waals surface area contributed by atoms with Crippen molar-refractivity contribution < 1.29 is 9.18 Å². The van der Waals surface area contributed by atoms with Crippen LogP contribution in [0.5, 0.6) is 0 Å². The summed E-state index contributed by atoms with van der Waals surface area (Å²) in [5, 5.41) is 10.6. The van der Waals surface area contributed by atoms with E-state index in [9.17, 15) is 14.4 Å². The minimum absolute atomic E-state index is 0.0320. The third-order valence-corrected chi connectivity index (χ3v) is 4.56. The van der Waals surface area contributed by atoms with Crippen LogP contribution in [0.15, 0.2) is 24.3 Å². The van der Waals surface area contributed by atoms with Gasteiger partial charge in [0.15, 0.2) is 5.78 Å². The van der Waals surface area contributed by atoms with E-state index in [4.69, 9.17) is 28.9 Å². The Balaban J connectivity index is 2.34. The van der Waals surface area contributed by atoms with Crippen molar-refractivity contribution in [1.29, 1.82) is 5.26 Å². The number of nitriles is 1. The van der Waals surface area contributed by atoms with Crippen LogP contribution in [-0.4, -0.2) is 10.8 Å². The van der Waals surface area contributed by atoms with Crippen molar-refractivity contribution in [1.82, 2.24) is 4.98 Å². The number of carbonyl (C=O) groups excluding carboxylic acids is 1. The van der Waals surface area contributed by atoms with E-state index in [0.717, 1.165) is 12.1 Å². The van der Waals surface area contributed by atoms with E-state index in [2.05, 4.69) is 4.98 Å². The summed E-state index contributed by atoms with van der Waals surface area (Å²) < 4.78 is 13.5. The van der Waals surface area contributed by atoms with Gasteiger partial charge in [0.05, 0.1) is 26.7 Å². The molecule has 120 valence electrons. The number of aromatic amines is 1. The quantitative estimate of drug-likeness (QED) is 0.516. The molecule has 0 aliphatic carbocycles. The lowest BCUT2D eigenvalue weighted by Crippen LogP contribution is -2.09. The monoisotopic (exact) mass is 361 g/mol. The van der Waals surface area contributed by atoms with Crippen LogP contribution in [-0.2, 0) is 0 Å². The highest BCUT2D eigenvalue weighted by Gasteiger charge is 2.24. The summed E-state index contributed by atoms with van der Waals surface area (Å²) in [7, 11) is 0. The lowest BCUT2D eigenvalue weighted by Gasteiger charge is -2.10. The maximum absolute atomic E-state index is 13.5. The Labute approximate surface area is 146 Å². The predicted octanol–water partition coefficient (Wildman–Crippen LogP) is 4.61. The van der Waals surface area contributed by atoms with Crippen LogP contribution in [0.25, 0.3) is 10.9 Å². The van der Waals surface area contributed by atoms with E-state index >= 15 is 0 Å². The lowest BCUT2D eigenvalue weighted by molar-refractivity contribution is 0.103. The highest BCUT2D eigenvalue weighted by molar-refractivity contribution is 6.37. The summed E-state index contributed by atoms with van der Waals surface area (Å²) in [6.07, 6.45) is 0. The molecule has 3 rings (SSSR count). The molecule has 0 unspecified atom stereocenters. The van der Waals surface area contributed by atoms with Crippen LogP contribution >= 0.6 is 23.2 Å². The second-order valence-electron chi connectivity index (χ2n) is 5.27. The predicted molar refractivity (Wildman–Crippen MR) is 92.0 cm³/mol. The number of ketones is 1. The number of fused-ring (bicyclic) bond motifs is 1. The number of rotatable bonds is 2. The Morgan fingerprint density at radius 1 is 1.33 bits per heavy atom. The van der Waals surface area contributed by atoms with Gasteiger partial charge >= 0.3 is 0 Å². The molecule has 24 heavy (non-hydrogen) atoms. The van der Waals surface area contributed by atoms with Gasteiger partial charge < -0.3 is 10.7 Å². The Bertz CT molecular complexity index is 1050. The number of nitrogens with one attached hydrogen (secondary N) is 1. The lowest BCUT2D eigenvalue weighted by atomic mass is 9.95. The number of hydrogen-bond donors (Lipinski definition) is 2. The zero-order chi connectivity index (χ0) is 17.6. The first-order chi connectivity index (χ1) is 11.3. The largest absolute Gasteiger partial charge is 0.398 e. The van der Waals surface area contributed by atoms with Crippen LogP contribution in [0, 0.1) is 24.1 Å². The Morgan fingerprint density at radius 2 is 2.04 bits per heavy atom. The number of benzene rings is 2. The number of aromatic nitrogens is 1. The second kappa shape index (κ2) is 5.82. The molecule has 0 aliphatic heterocycles. The van der Waals surface area contributed by atoms with Crippen LogP contribution < -0.4 is 5.73 Å². The van der Waals surface area contributed by atoms with Gasteiger partial charge in [0.25, 0.3) is 0 Å². The molecule has 0 radical (unpaired) electrons. The number of H-pyrrole nitrogens is 1. The van der Waals surface area contributed by atoms with Crippen molar-refractivity contribution in [2.45, 2.75) is 6.92 Å². The standard InChI is InChI=1S/C17H10Cl2FN3O/c1-7-15(19)10-5-13(22)14(11(6-21)16(10)23-7)17(24)9-4-8(20)2-3-12(9)18/h2-5,23H,22H2,1H3. The third-order valence-electron chi connectivity index (χ3n) is 3.75. The van der Waals surface area contributed by atoms with E-state index < -0.39 is 11.6 Å². The Kier molecular flexibility index (Phi) is 3.96. The second-order valence-corrected chi connectivity index (χ2v) is 6.05. The molecule has 4 nitrogen and oxygen atoms in total. The van der Waals surface area contributed by atoms with Gasteiger partial charge in [0, 0.05) is 22.3 Å². The molecule has 3 aromatic rings. The smallest absolute Gasteiger partial charge is 0.198 e. The van der Waals surface area contributed by atoms with E-state index in [-0.39, 0.29) is 27.4 Å². The van der Waals surface area contributed by atoms with Gasteiger partial charge in [-0.05, 0) is 31.2 Å². The van der Waals surface area contributed by atoms with Gasteiger partial charge in [-0.3, -0.25) is 4.79 Å². The zero-order valence-corrected chi connectivity index (χ0v) is 13.9. The third kappa shape index (κ3) is 2.41. The summed E-state index contributed by atoms with van der Waals surface area (Å²) in [4.78, 5) is 15.8. The molecular formula is C17H10Cl2FN3O. The van der Waals surface area contributed by atoms with E-state index in [1.165, 1.54) is 12.1 Å². The first kappa shape index (κ1) is 16.3. The molecule has 2 aromatic carbocycles. The van der Waals surface area contributed by atoms with Gasteiger partial charge in [0.1, 0.15) is 11.9 Å². The molecule has 0 aliphatic rings. The maximum Gasteiger partial charge on any atom is 0.198 e. The number of nitrogens with zero attached hydrogens (tertiary/aromatic N) is 1. The van der Waals surface area contributed by atoms with Gasteiger partial charge in [-0.15, -0.1) is 0 Å². The summed E-state index contributed by atoms with van der Waals surface area (Å²) in [5.41, 5.74) is 7.07. The number of aryl methyl sites for hydroxylation is 1. The van der Waals surface area contributed by atoms with Crippen LogP contribution in [0.1, 0.15) is 27.2 Å². The normalized spacial score (nSPS) is 10.8. The van der Waals surface area contributed by atoms with Crippen molar-refractivity contribution in [3.63, 3.8) is 0 Å². The molecule has 3 N–H and O–H groups in total. The van der Waals surface area contributed by atoms with Crippen LogP contribution in [0.2, 0.25) is 10.0 Å². The van der Waals surface area contributed by atoms with Crippen LogP contribution in [0.3, 0.4) is 0 Å². The summed E-state index contributed by atoms with van der Waals surface area (Å²) in [6, 6.07) is 6.93. The van der Waals surface area contributed by atoms with Gasteiger partial charge in [0.2, 0.25) is 0 Å². The number of hydrogen-bond acceptors (Lipinski definition) is 3. The molecule has 7 heteroatoms. The molecule has 0 saturated carbocycles. The maximum atomic E-state index is 13.5. The first-order valence-electron chi connectivity index (χ1n) is 6.85. The Morgan fingerprint density at radius 3 is 2.71 bits per heavy atom. The van der Waals surface area contributed by atoms with Crippen molar-refractivity contribution in [3.05, 3.63) is 62.5 Å². The number of anilines is 1. The van der Waals surface area contributed by atoms with Gasteiger partial charge in [-0.2, -0.15) is 5.26 Å². The zero-order valence-electron chi connectivity index (χ0n) is 12.4. The van der Waals surface area contributed by atoms with Crippen LogP contribution in [0.4, 0.5) is 10.1 Å². The average molecular weight is 362 g/mol. The highest BCUT2D eigenvalue weighted by Crippen LogP contribution is 2.35. The van der Waals surface area contributed by atoms with Crippen molar-refractivity contribution in [2.75, 3.05) is 5.73 Å². The highest BCUT2D eigenvalue weighted by atomic mass is 35.5. The Hall–Kier alpha value is -2.55. The SMILES string of the molecule is Cc1[nH]c2c(C#N)c(C(=O)c3cc(F)ccc3Cl)c(N)cc2c1Cl. The fourth-order valence-electron chi connectivity index (χ4n) is 2.61. The number of halogens is 3. The minimum atomic E-state index is -0.626. The van der Waals surface area contributed by atoms with Gasteiger partial charge in [-0.25, -0.2) is 4.39 Å². The molecule has 0 fully saturated rings. The van der Waals surface area contributed by atoms with E-state index in [1.54, 1.807) is 6.92 Å². The fourth-order valence-corrected chi connectivity index (χ4v) is 3.01. The molecular weight excluding hydrogens is 352 g/mol. The average Bonchev–Trinajstić information content (AvgIpc) is 2.83. The molecule has 0 atom stereocenters. The van der Waals surface area contributed by atoms with Crippen molar-refractivity contribution in [2.24, 2.45) is 0 Å². The number of nitrogens with two attached hydrogens (primary N) is 1. The van der Waals surface area contributed by atoms with E-state index in [0.29, 0.717) is 21.6 Å². The minimum Gasteiger partial charge on any atom is -0.398 e. The summed E-state index contributed by atoms with van der Waals surface area (Å²) in [5.74, 6) is -1.24. The van der Waals surface area contributed by atoms with Gasteiger partial charge in [-0.1, -0.05) is 23.2 Å². The summed E-state index contributed by atoms with van der Waals surface area (Å²) in [6.45, 7) is 1.74. The molecule has 0 amide bonds. The summed E-state index contributed by atoms with van der Waals surface area (Å²) >= 11 is 12.2. The molecule has 0 spiro atoms. The van der Waals surface area contributed by atoms with Crippen molar-refractivity contribution >= 4 is 45.6 Å². The topological polar surface area (TPSA) is 82.7 Å². The fraction of sp³-hybridized carbons (Fsp3) is 0.0588. The molecule has 1 heterocycles. The first-order valence-corrected chi connectivity index (χ1v) is 7.60. The van der Waals surface area contributed by atoms with E-state index in [1.807, 2.05) is 6.07 Å².